The van der Waals surface area contributed by atoms with Gasteiger partial charge in [0, 0.05) is 61.3 Å². The second kappa shape index (κ2) is 12.6. The smallest absolute Gasteiger partial charge is 0.297 e. The van der Waals surface area contributed by atoms with E-state index < -0.39 is 22.3 Å². The predicted molar refractivity (Wildman–Crippen MR) is 161 cm³/mol. The van der Waals surface area contributed by atoms with Gasteiger partial charge in [-0.3, -0.25) is 29.0 Å². The van der Waals surface area contributed by atoms with Crippen molar-refractivity contribution in [1.29, 1.82) is 0 Å². The summed E-state index contributed by atoms with van der Waals surface area (Å²) < 4.78 is 8.23. The second-order valence-electron chi connectivity index (χ2n) is 10.5. The van der Waals surface area contributed by atoms with Gasteiger partial charge in [0.15, 0.2) is 11.4 Å². The summed E-state index contributed by atoms with van der Waals surface area (Å²) >= 11 is 0. The zero-order valence-corrected chi connectivity index (χ0v) is 24.2. The van der Waals surface area contributed by atoms with E-state index in [1.54, 1.807) is 66.5 Å². The SMILES string of the molecule is COc1cccn(-c2cccc(CN3C(=O)[C@](O)([C@H](C)/C=C/CCn4cc(CCO)nn4)c4cc([N+](=O)[O-])ccc43)c2)c1=O. The number of non-ortho nitro benzene ring substituents is 1. The first-order chi connectivity index (χ1) is 21.2. The molecular weight excluding hydrogens is 568 g/mol. The van der Waals surface area contributed by atoms with Gasteiger partial charge in [0.25, 0.3) is 17.2 Å². The number of methoxy groups -OCH3 is 1. The second-order valence-corrected chi connectivity index (χ2v) is 10.5. The van der Waals surface area contributed by atoms with Crippen LogP contribution in [0.3, 0.4) is 0 Å². The third kappa shape index (κ3) is 5.74. The van der Waals surface area contributed by atoms with Gasteiger partial charge in [0.05, 0.1) is 30.0 Å². The molecule has 2 atom stereocenters. The van der Waals surface area contributed by atoms with E-state index in [1.165, 1.54) is 34.8 Å². The number of nitro benzene ring substituents is 1. The van der Waals surface area contributed by atoms with E-state index in [4.69, 9.17) is 9.84 Å². The van der Waals surface area contributed by atoms with Crippen LogP contribution in [-0.4, -0.2) is 54.3 Å². The number of fused-ring (bicyclic) bond motifs is 1. The monoisotopic (exact) mass is 600 g/mol. The van der Waals surface area contributed by atoms with Crippen LogP contribution in [0.25, 0.3) is 5.69 Å². The van der Waals surface area contributed by atoms with E-state index in [0.717, 1.165) is 0 Å². The number of amides is 1. The third-order valence-corrected chi connectivity index (χ3v) is 7.69. The molecule has 3 heterocycles. The Kier molecular flexibility index (Phi) is 8.69. The minimum Gasteiger partial charge on any atom is -0.491 e. The maximum atomic E-state index is 14.0. The van der Waals surface area contributed by atoms with Crippen LogP contribution in [0.2, 0.25) is 0 Å². The number of hydrogen-bond donors (Lipinski definition) is 2. The van der Waals surface area contributed by atoms with Crippen LogP contribution < -0.4 is 15.2 Å². The van der Waals surface area contributed by atoms with Crippen molar-refractivity contribution in [2.45, 2.75) is 38.5 Å². The Labute approximate surface area is 252 Å². The molecule has 1 aliphatic rings. The van der Waals surface area contributed by atoms with Crippen LogP contribution in [0, 0.1) is 16.0 Å². The molecule has 0 saturated carbocycles. The molecule has 228 valence electrons. The first-order valence-electron chi connectivity index (χ1n) is 14.0. The lowest BCUT2D eigenvalue weighted by molar-refractivity contribution is -0.385. The van der Waals surface area contributed by atoms with E-state index in [0.29, 0.717) is 42.0 Å². The van der Waals surface area contributed by atoms with Crippen LogP contribution in [0.1, 0.15) is 30.2 Å². The number of hydrogen-bond acceptors (Lipinski definition) is 9. The van der Waals surface area contributed by atoms with Crippen molar-refractivity contribution < 1.29 is 24.7 Å². The third-order valence-electron chi connectivity index (χ3n) is 7.69. The molecule has 5 rings (SSSR count). The molecule has 1 amide bonds. The van der Waals surface area contributed by atoms with Gasteiger partial charge in [0.1, 0.15) is 0 Å². The van der Waals surface area contributed by atoms with Crippen LogP contribution in [0.15, 0.2) is 83.9 Å². The van der Waals surface area contributed by atoms with Crippen molar-refractivity contribution in [3.63, 3.8) is 0 Å². The lowest BCUT2D eigenvalue weighted by Crippen LogP contribution is -2.44. The highest BCUT2D eigenvalue weighted by atomic mass is 16.6. The number of aliphatic hydroxyl groups is 2. The molecule has 0 saturated heterocycles. The fourth-order valence-electron chi connectivity index (χ4n) is 5.35. The van der Waals surface area contributed by atoms with Gasteiger partial charge >= 0.3 is 0 Å². The standard InChI is InChI=1S/C31H32N6O7/c1-21(7-3-4-14-34-20-23(13-16-38)32-33-34)31(41)26-18-25(37(42)43)11-12-27(26)36(30(31)40)19-22-8-5-9-24(17-22)35-15-6-10-28(44-2)29(35)39/h3,5-12,15,17-18,20-21,38,41H,4,13-14,16,19H2,1-2H3/b7-3+/t21-,31+/m1/s1. The number of aromatic nitrogens is 4. The number of pyridine rings is 1. The Bertz CT molecular complexity index is 1780. The molecule has 0 unspecified atom stereocenters. The Morgan fingerprint density at radius 1 is 1.16 bits per heavy atom. The fourth-order valence-corrected chi connectivity index (χ4v) is 5.35. The molecule has 0 bridgehead atoms. The lowest BCUT2D eigenvalue weighted by atomic mass is 9.82. The summed E-state index contributed by atoms with van der Waals surface area (Å²) in [7, 11) is 1.42. The maximum absolute atomic E-state index is 14.0. The quantitative estimate of drug-likeness (QED) is 0.141. The average Bonchev–Trinajstić information content (AvgIpc) is 3.56. The lowest BCUT2D eigenvalue weighted by Gasteiger charge is -2.27. The minimum absolute atomic E-state index is 0.0207. The fraction of sp³-hybridized carbons (Fsp3) is 0.290. The Morgan fingerprint density at radius 2 is 1.98 bits per heavy atom. The first-order valence-corrected chi connectivity index (χ1v) is 14.0. The minimum atomic E-state index is -2.05. The molecule has 2 N–H and O–H groups in total. The summed E-state index contributed by atoms with van der Waals surface area (Å²) in [5, 5.41) is 40.7. The summed E-state index contributed by atoms with van der Waals surface area (Å²) in [5.41, 5.74) is -0.204. The average molecular weight is 601 g/mol. The van der Waals surface area contributed by atoms with Gasteiger partial charge in [-0.15, -0.1) is 5.10 Å². The Morgan fingerprint density at radius 3 is 2.73 bits per heavy atom. The van der Waals surface area contributed by atoms with Crippen molar-refractivity contribution in [1.82, 2.24) is 19.6 Å². The number of nitrogens with zero attached hydrogens (tertiary/aromatic N) is 6. The summed E-state index contributed by atoms with van der Waals surface area (Å²) in [4.78, 5) is 39.2. The van der Waals surface area contributed by atoms with Crippen molar-refractivity contribution in [3.05, 3.63) is 116 Å². The van der Waals surface area contributed by atoms with Gasteiger partial charge in [-0.05, 0) is 42.3 Å². The maximum Gasteiger partial charge on any atom is 0.297 e. The van der Waals surface area contributed by atoms with E-state index in [2.05, 4.69) is 10.3 Å². The number of aliphatic hydroxyl groups excluding tert-OH is 1. The van der Waals surface area contributed by atoms with Crippen LogP contribution in [-0.2, 0) is 29.9 Å². The van der Waals surface area contributed by atoms with E-state index in [-0.39, 0.29) is 35.7 Å². The number of benzene rings is 2. The number of allylic oxidation sites excluding steroid dienone is 1. The van der Waals surface area contributed by atoms with Gasteiger partial charge in [-0.2, -0.15) is 0 Å². The molecule has 4 aromatic rings. The van der Waals surface area contributed by atoms with E-state index >= 15 is 0 Å². The molecular formula is C31H32N6O7. The molecule has 0 fully saturated rings. The number of anilines is 1. The summed E-state index contributed by atoms with van der Waals surface area (Å²) in [6.07, 6.45) is 7.83. The number of carbonyl (C=O) groups excluding carboxylic acids is 1. The summed E-state index contributed by atoms with van der Waals surface area (Å²) in [5.74, 6) is -1.16. The Hall–Kier alpha value is -5.14. The number of carbonyl (C=O) groups is 1. The molecule has 0 aliphatic carbocycles. The van der Waals surface area contributed by atoms with Crippen LogP contribution >= 0.6 is 0 Å². The number of ether oxygens (including phenoxy) is 1. The van der Waals surface area contributed by atoms with Crippen molar-refractivity contribution >= 4 is 17.3 Å². The predicted octanol–water partition coefficient (Wildman–Crippen LogP) is 2.90. The number of rotatable bonds is 12. The molecule has 1 aliphatic heterocycles. The van der Waals surface area contributed by atoms with E-state index in [1.807, 2.05) is 6.08 Å². The van der Waals surface area contributed by atoms with Gasteiger partial charge in [0.2, 0.25) is 0 Å². The molecule has 0 radical (unpaired) electrons. The highest BCUT2D eigenvalue weighted by molar-refractivity contribution is 6.07. The molecule has 2 aromatic carbocycles. The van der Waals surface area contributed by atoms with Crippen molar-refractivity contribution in [2.75, 3.05) is 18.6 Å². The topological polar surface area (TPSA) is 166 Å². The zero-order chi connectivity index (χ0) is 31.4. The van der Waals surface area contributed by atoms with Gasteiger partial charge in [-0.25, -0.2) is 0 Å². The summed E-state index contributed by atoms with van der Waals surface area (Å²) in [6, 6.07) is 14.4. The van der Waals surface area contributed by atoms with E-state index in [9.17, 15) is 24.8 Å². The number of nitro groups is 1. The Balaban J connectivity index is 1.42. The summed E-state index contributed by atoms with van der Waals surface area (Å²) in [6.45, 7) is 2.21. The number of aryl methyl sites for hydroxylation is 1. The highest BCUT2D eigenvalue weighted by Gasteiger charge is 2.53. The normalized spacial score (nSPS) is 16.8. The highest BCUT2D eigenvalue weighted by Crippen LogP contribution is 2.47. The van der Waals surface area contributed by atoms with Crippen molar-refractivity contribution in [3.8, 4) is 11.4 Å². The van der Waals surface area contributed by atoms with Crippen molar-refractivity contribution in [2.24, 2.45) is 5.92 Å². The molecule has 13 heteroatoms. The largest absolute Gasteiger partial charge is 0.491 e. The molecule has 44 heavy (non-hydrogen) atoms. The molecule has 13 nitrogen and oxygen atoms in total. The molecule has 2 aromatic heterocycles. The van der Waals surface area contributed by atoms with Gasteiger partial charge in [-0.1, -0.05) is 36.4 Å². The first kappa shape index (κ1) is 30.3. The van der Waals surface area contributed by atoms with Crippen LogP contribution in [0.5, 0.6) is 5.75 Å². The zero-order valence-electron chi connectivity index (χ0n) is 24.2. The van der Waals surface area contributed by atoms with Gasteiger partial charge < -0.3 is 19.8 Å². The molecule has 0 spiro atoms. The van der Waals surface area contributed by atoms with Crippen LogP contribution in [0.4, 0.5) is 11.4 Å².